The van der Waals surface area contributed by atoms with Crippen molar-refractivity contribution in [3.05, 3.63) is 109 Å². The van der Waals surface area contributed by atoms with Gasteiger partial charge in [0.25, 0.3) is 0 Å². The van der Waals surface area contributed by atoms with Crippen molar-refractivity contribution < 1.29 is 0 Å². The second-order valence-corrected chi connectivity index (χ2v) is 7.49. The third-order valence-corrected chi connectivity index (χ3v) is 5.23. The fourth-order valence-electron chi connectivity index (χ4n) is 3.51. The second-order valence-electron chi connectivity index (χ2n) is 7.49. The van der Waals surface area contributed by atoms with E-state index in [9.17, 15) is 0 Å². The fourth-order valence-corrected chi connectivity index (χ4v) is 3.51. The van der Waals surface area contributed by atoms with Crippen molar-refractivity contribution in [3.63, 3.8) is 0 Å². The molecule has 0 N–H and O–H groups in total. The predicted molar refractivity (Wildman–Crippen MR) is 130 cm³/mol. The zero-order valence-corrected chi connectivity index (χ0v) is 17.2. The van der Waals surface area contributed by atoms with Gasteiger partial charge in [0.2, 0.25) is 0 Å². The van der Waals surface area contributed by atoms with Crippen molar-refractivity contribution in [1.82, 2.24) is 15.0 Å². The summed E-state index contributed by atoms with van der Waals surface area (Å²) in [6, 6.07) is 34.9. The molecule has 2 heterocycles. The van der Waals surface area contributed by atoms with Crippen LogP contribution in [0.15, 0.2) is 109 Å². The topological polar surface area (TPSA) is 38.7 Å². The summed E-state index contributed by atoms with van der Waals surface area (Å²) >= 11 is 0. The van der Waals surface area contributed by atoms with Crippen molar-refractivity contribution in [3.8, 4) is 45.2 Å². The highest BCUT2D eigenvalue weighted by Crippen LogP contribution is 2.27. The monoisotopic (exact) mass is 397 g/mol. The first-order valence-corrected chi connectivity index (χ1v) is 10.3. The maximum Gasteiger partial charge on any atom is 0.161 e. The highest BCUT2D eigenvalue weighted by atomic mass is 14.9. The van der Waals surface area contributed by atoms with E-state index in [2.05, 4.69) is 61.4 Å². The maximum atomic E-state index is 4.86. The Morgan fingerprint density at radius 3 is 1.52 bits per heavy atom. The van der Waals surface area contributed by atoms with Gasteiger partial charge in [-0.2, -0.15) is 0 Å². The molecule has 0 saturated carbocycles. The molecule has 0 fully saturated rings. The van der Waals surface area contributed by atoms with Gasteiger partial charge in [-0.3, -0.25) is 4.98 Å². The SMILES string of the molecule is Bc1ccc(-c2ccc(-c3nc(-c4ccccc4)cc(-c4ccccc4)n3)cn2)cc1. The Bertz CT molecular complexity index is 1240. The van der Waals surface area contributed by atoms with Crippen LogP contribution >= 0.6 is 0 Å². The van der Waals surface area contributed by atoms with Crippen LogP contribution in [0.4, 0.5) is 0 Å². The Morgan fingerprint density at radius 2 is 1.00 bits per heavy atom. The molecular weight excluding hydrogens is 377 g/mol. The molecule has 3 aromatic carbocycles. The highest BCUT2D eigenvalue weighted by molar-refractivity contribution is 6.32. The predicted octanol–water partition coefficient (Wildman–Crippen LogP) is 4.80. The van der Waals surface area contributed by atoms with Crippen LogP contribution in [0, 0.1) is 0 Å². The van der Waals surface area contributed by atoms with Crippen LogP contribution in [0.5, 0.6) is 0 Å². The van der Waals surface area contributed by atoms with Crippen molar-refractivity contribution in [2.75, 3.05) is 0 Å². The van der Waals surface area contributed by atoms with Gasteiger partial charge in [-0.05, 0) is 18.2 Å². The lowest BCUT2D eigenvalue weighted by Gasteiger charge is -2.09. The molecular formula is C27H20BN3. The van der Waals surface area contributed by atoms with E-state index < -0.39 is 0 Å². The van der Waals surface area contributed by atoms with Crippen molar-refractivity contribution >= 4 is 13.3 Å². The summed E-state index contributed by atoms with van der Waals surface area (Å²) in [5.41, 5.74) is 8.08. The summed E-state index contributed by atoms with van der Waals surface area (Å²) in [6.45, 7) is 0. The van der Waals surface area contributed by atoms with E-state index in [-0.39, 0.29) is 0 Å². The number of hydrogen-bond acceptors (Lipinski definition) is 3. The molecule has 3 nitrogen and oxygen atoms in total. The number of rotatable bonds is 4. The van der Waals surface area contributed by atoms with Gasteiger partial charge in [0.1, 0.15) is 7.85 Å². The van der Waals surface area contributed by atoms with E-state index in [4.69, 9.17) is 9.97 Å². The molecule has 5 rings (SSSR count). The number of hydrogen-bond donors (Lipinski definition) is 0. The van der Waals surface area contributed by atoms with E-state index in [1.54, 1.807) is 0 Å². The molecule has 146 valence electrons. The molecule has 0 atom stereocenters. The van der Waals surface area contributed by atoms with Crippen LogP contribution in [-0.4, -0.2) is 22.8 Å². The van der Waals surface area contributed by atoms with Gasteiger partial charge in [-0.15, -0.1) is 0 Å². The minimum absolute atomic E-state index is 0.670. The van der Waals surface area contributed by atoms with E-state index >= 15 is 0 Å². The fraction of sp³-hybridized carbons (Fsp3) is 0. The first-order valence-electron chi connectivity index (χ1n) is 10.3. The van der Waals surface area contributed by atoms with Gasteiger partial charge in [-0.25, -0.2) is 9.97 Å². The molecule has 0 unspecified atom stereocenters. The summed E-state index contributed by atoms with van der Waals surface area (Å²) in [5, 5.41) is 0. The molecule has 5 aromatic rings. The summed E-state index contributed by atoms with van der Waals surface area (Å²) in [4.78, 5) is 14.4. The molecule has 2 aromatic heterocycles. The minimum atomic E-state index is 0.670. The zero-order chi connectivity index (χ0) is 21.0. The molecule has 0 aliphatic carbocycles. The summed E-state index contributed by atoms with van der Waals surface area (Å²) < 4.78 is 0. The van der Waals surface area contributed by atoms with E-state index in [0.717, 1.165) is 39.3 Å². The first-order chi connectivity index (χ1) is 15.3. The molecule has 0 radical (unpaired) electrons. The van der Waals surface area contributed by atoms with Gasteiger partial charge in [0, 0.05) is 28.5 Å². The second kappa shape index (κ2) is 8.37. The summed E-state index contributed by atoms with van der Waals surface area (Å²) in [5.74, 6) is 0.670. The summed E-state index contributed by atoms with van der Waals surface area (Å²) in [6.07, 6.45) is 1.86. The standard InChI is InChI=1S/C27H20BN3/c28-23-14-11-21(12-15-23)24-16-13-22(18-29-24)27-30-25(19-7-3-1-4-8-19)17-26(31-27)20-9-5-2-6-10-20/h1-18H,28H2. The third kappa shape index (κ3) is 4.14. The Morgan fingerprint density at radius 1 is 0.484 bits per heavy atom. The van der Waals surface area contributed by atoms with E-state index in [0.29, 0.717) is 5.82 Å². The molecule has 0 saturated heterocycles. The molecule has 0 bridgehead atoms. The lowest BCUT2D eigenvalue weighted by Crippen LogP contribution is -1.99. The average Bonchev–Trinajstić information content (AvgIpc) is 2.85. The highest BCUT2D eigenvalue weighted by Gasteiger charge is 2.11. The van der Waals surface area contributed by atoms with Crippen LogP contribution in [0.2, 0.25) is 0 Å². The molecule has 0 aliphatic rings. The van der Waals surface area contributed by atoms with E-state index in [1.165, 1.54) is 5.46 Å². The van der Waals surface area contributed by atoms with Gasteiger partial charge in [0.15, 0.2) is 5.82 Å². The average molecular weight is 397 g/mol. The Balaban J connectivity index is 1.58. The number of benzene rings is 3. The smallest absolute Gasteiger partial charge is 0.161 e. The lowest BCUT2D eigenvalue weighted by molar-refractivity contribution is 1.17. The Hall–Kier alpha value is -4.05. The maximum absolute atomic E-state index is 4.86. The number of nitrogens with zero attached hydrogens (tertiary/aromatic N) is 3. The molecule has 4 heteroatoms. The van der Waals surface area contributed by atoms with Crippen LogP contribution in [0.1, 0.15) is 0 Å². The number of pyridine rings is 1. The first kappa shape index (κ1) is 19.0. The van der Waals surface area contributed by atoms with Crippen LogP contribution < -0.4 is 5.46 Å². The Kier molecular flexibility index (Phi) is 5.11. The zero-order valence-electron chi connectivity index (χ0n) is 17.2. The van der Waals surface area contributed by atoms with Crippen LogP contribution in [-0.2, 0) is 0 Å². The molecule has 0 amide bonds. The molecule has 31 heavy (non-hydrogen) atoms. The van der Waals surface area contributed by atoms with Gasteiger partial charge < -0.3 is 0 Å². The minimum Gasteiger partial charge on any atom is -0.255 e. The third-order valence-electron chi connectivity index (χ3n) is 5.23. The molecule has 0 spiro atoms. The van der Waals surface area contributed by atoms with E-state index in [1.807, 2.05) is 60.8 Å². The van der Waals surface area contributed by atoms with Crippen molar-refractivity contribution in [2.45, 2.75) is 0 Å². The number of aromatic nitrogens is 3. The van der Waals surface area contributed by atoms with Crippen molar-refractivity contribution in [1.29, 1.82) is 0 Å². The van der Waals surface area contributed by atoms with Gasteiger partial charge >= 0.3 is 0 Å². The lowest BCUT2D eigenvalue weighted by atomic mass is 9.95. The largest absolute Gasteiger partial charge is 0.255 e. The van der Waals surface area contributed by atoms with Gasteiger partial charge in [0.05, 0.1) is 17.1 Å². The molecule has 0 aliphatic heterocycles. The normalized spacial score (nSPS) is 10.7. The quantitative estimate of drug-likeness (QED) is 0.409. The summed E-state index contributed by atoms with van der Waals surface area (Å²) in [7, 11) is 2.09. The van der Waals surface area contributed by atoms with Gasteiger partial charge in [-0.1, -0.05) is 90.4 Å². The van der Waals surface area contributed by atoms with Crippen molar-refractivity contribution in [2.24, 2.45) is 0 Å². The van der Waals surface area contributed by atoms with Crippen LogP contribution in [0.3, 0.4) is 0 Å². The van der Waals surface area contributed by atoms with Crippen LogP contribution in [0.25, 0.3) is 45.2 Å². The Labute approximate surface area is 182 Å².